The summed E-state index contributed by atoms with van der Waals surface area (Å²) in [6.07, 6.45) is 0.863. The summed E-state index contributed by atoms with van der Waals surface area (Å²) in [4.78, 5) is 4.75. The Balaban J connectivity index is 1.82. The van der Waals surface area contributed by atoms with Gasteiger partial charge < -0.3 is 14.2 Å². The standard InChI is InChI=1S/C23H22ClNO3/c1-4-15-12-14(2)22(25-23(15)26-3)18-7-5-6-17(21(18)24)16-8-9-19-20(13-16)28-11-10-27-19/h5-9,12-13H,4,10-11H2,1-3H3. The molecule has 4 nitrogen and oxygen atoms in total. The molecule has 0 radical (unpaired) electrons. The molecule has 1 aliphatic heterocycles. The summed E-state index contributed by atoms with van der Waals surface area (Å²) in [7, 11) is 1.65. The van der Waals surface area contributed by atoms with E-state index in [0.29, 0.717) is 24.1 Å². The molecule has 144 valence electrons. The number of methoxy groups -OCH3 is 1. The number of rotatable bonds is 4. The van der Waals surface area contributed by atoms with E-state index < -0.39 is 0 Å². The Morgan fingerprint density at radius 2 is 1.79 bits per heavy atom. The van der Waals surface area contributed by atoms with Gasteiger partial charge in [0.25, 0.3) is 0 Å². The summed E-state index contributed by atoms with van der Waals surface area (Å²) in [5, 5.41) is 0.654. The Morgan fingerprint density at radius 1 is 1.04 bits per heavy atom. The van der Waals surface area contributed by atoms with Crippen LogP contribution in [0.3, 0.4) is 0 Å². The predicted octanol–water partition coefficient (Wildman–Crippen LogP) is 5.72. The maximum absolute atomic E-state index is 6.85. The van der Waals surface area contributed by atoms with Crippen LogP contribution in [0.1, 0.15) is 18.1 Å². The van der Waals surface area contributed by atoms with E-state index in [-0.39, 0.29) is 0 Å². The first-order valence-corrected chi connectivity index (χ1v) is 9.73. The number of halogens is 1. The van der Waals surface area contributed by atoms with Crippen molar-refractivity contribution in [3.05, 3.63) is 58.6 Å². The Morgan fingerprint density at radius 3 is 2.54 bits per heavy atom. The highest BCUT2D eigenvalue weighted by molar-refractivity contribution is 6.36. The molecule has 3 aromatic rings. The van der Waals surface area contributed by atoms with Crippen LogP contribution in [0.2, 0.25) is 5.02 Å². The molecule has 1 aliphatic rings. The highest BCUT2D eigenvalue weighted by Crippen LogP contribution is 2.41. The van der Waals surface area contributed by atoms with Gasteiger partial charge in [0.15, 0.2) is 11.5 Å². The van der Waals surface area contributed by atoms with Gasteiger partial charge in [-0.2, -0.15) is 0 Å². The van der Waals surface area contributed by atoms with Crippen molar-refractivity contribution in [3.63, 3.8) is 0 Å². The topological polar surface area (TPSA) is 40.6 Å². The maximum atomic E-state index is 6.85. The summed E-state index contributed by atoms with van der Waals surface area (Å²) in [6.45, 7) is 5.27. The van der Waals surface area contributed by atoms with Crippen LogP contribution in [0, 0.1) is 6.92 Å². The second-order valence-electron chi connectivity index (χ2n) is 6.70. The molecule has 0 unspecified atom stereocenters. The lowest BCUT2D eigenvalue weighted by Crippen LogP contribution is -2.15. The first-order chi connectivity index (χ1) is 13.6. The van der Waals surface area contributed by atoms with E-state index in [1.807, 2.05) is 43.3 Å². The number of benzene rings is 2. The van der Waals surface area contributed by atoms with Crippen molar-refractivity contribution in [2.75, 3.05) is 20.3 Å². The Kier molecular flexibility index (Phi) is 5.14. The zero-order chi connectivity index (χ0) is 19.7. The van der Waals surface area contributed by atoms with Crippen molar-refractivity contribution < 1.29 is 14.2 Å². The number of pyridine rings is 1. The van der Waals surface area contributed by atoms with Crippen LogP contribution < -0.4 is 14.2 Å². The highest BCUT2D eigenvalue weighted by Gasteiger charge is 2.18. The smallest absolute Gasteiger partial charge is 0.216 e. The fourth-order valence-corrected chi connectivity index (χ4v) is 3.83. The van der Waals surface area contributed by atoms with Crippen molar-refractivity contribution in [2.45, 2.75) is 20.3 Å². The average Bonchev–Trinajstić information content (AvgIpc) is 2.73. The minimum Gasteiger partial charge on any atom is -0.486 e. The van der Waals surface area contributed by atoms with Gasteiger partial charge in [0, 0.05) is 16.7 Å². The van der Waals surface area contributed by atoms with Crippen LogP contribution in [0.15, 0.2) is 42.5 Å². The third kappa shape index (κ3) is 3.29. The molecule has 4 rings (SSSR count). The van der Waals surface area contributed by atoms with Crippen molar-refractivity contribution in [3.8, 4) is 39.8 Å². The van der Waals surface area contributed by atoms with Crippen LogP contribution >= 0.6 is 11.6 Å². The van der Waals surface area contributed by atoms with Crippen LogP contribution in [0.25, 0.3) is 22.4 Å². The van der Waals surface area contributed by atoms with Crippen LogP contribution in [0.4, 0.5) is 0 Å². The van der Waals surface area contributed by atoms with Gasteiger partial charge in [-0.3, -0.25) is 0 Å². The third-order valence-electron chi connectivity index (χ3n) is 4.93. The number of hydrogen-bond donors (Lipinski definition) is 0. The monoisotopic (exact) mass is 395 g/mol. The second kappa shape index (κ2) is 7.72. The van der Waals surface area contributed by atoms with Gasteiger partial charge in [0.05, 0.1) is 17.8 Å². The molecule has 0 bridgehead atoms. The van der Waals surface area contributed by atoms with Gasteiger partial charge in [-0.05, 0) is 42.7 Å². The quantitative estimate of drug-likeness (QED) is 0.566. The van der Waals surface area contributed by atoms with E-state index >= 15 is 0 Å². The number of aryl methyl sites for hydroxylation is 2. The number of fused-ring (bicyclic) bond motifs is 1. The van der Waals surface area contributed by atoms with Gasteiger partial charge in [0.2, 0.25) is 5.88 Å². The lowest BCUT2D eigenvalue weighted by molar-refractivity contribution is 0.171. The molecular formula is C23H22ClNO3. The molecule has 0 aliphatic carbocycles. The fourth-order valence-electron chi connectivity index (χ4n) is 3.50. The Hall–Kier alpha value is -2.72. The molecule has 28 heavy (non-hydrogen) atoms. The number of ether oxygens (including phenoxy) is 3. The van der Waals surface area contributed by atoms with Crippen LogP contribution in [-0.4, -0.2) is 25.3 Å². The molecule has 0 saturated carbocycles. The summed E-state index contributed by atoms with van der Waals surface area (Å²) < 4.78 is 16.8. The second-order valence-corrected chi connectivity index (χ2v) is 7.08. The van der Waals surface area contributed by atoms with Gasteiger partial charge in [-0.15, -0.1) is 0 Å². The van der Waals surface area contributed by atoms with E-state index in [1.54, 1.807) is 7.11 Å². The predicted molar refractivity (Wildman–Crippen MR) is 112 cm³/mol. The van der Waals surface area contributed by atoms with Crippen molar-refractivity contribution in [1.82, 2.24) is 4.98 Å². The Labute approximate surface area is 170 Å². The molecule has 0 fully saturated rings. The van der Waals surface area contributed by atoms with E-state index in [0.717, 1.165) is 51.4 Å². The number of nitrogens with zero attached hydrogens (tertiary/aromatic N) is 1. The van der Waals surface area contributed by atoms with Gasteiger partial charge in [-0.1, -0.05) is 42.8 Å². The van der Waals surface area contributed by atoms with Crippen molar-refractivity contribution in [1.29, 1.82) is 0 Å². The largest absolute Gasteiger partial charge is 0.486 e. The molecule has 2 aromatic carbocycles. The highest BCUT2D eigenvalue weighted by atomic mass is 35.5. The lowest BCUT2D eigenvalue weighted by atomic mass is 9.98. The fraction of sp³-hybridized carbons (Fsp3) is 0.261. The van der Waals surface area contributed by atoms with E-state index in [1.165, 1.54) is 0 Å². The van der Waals surface area contributed by atoms with Crippen LogP contribution in [0.5, 0.6) is 17.4 Å². The summed E-state index contributed by atoms with van der Waals surface area (Å²) in [6, 6.07) is 14.0. The van der Waals surface area contributed by atoms with E-state index in [4.69, 9.17) is 30.8 Å². The minimum atomic E-state index is 0.552. The molecule has 0 N–H and O–H groups in total. The molecule has 5 heteroatoms. The van der Waals surface area contributed by atoms with Crippen molar-refractivity contribution >= 4 is 11.6 Å². The van der Waals surface area contributed by atoms with Crippen molar-refractivity contribution in [2.24, 2.45) is 0 Å². The third-order valence-corrected chi connectivity index (χ3v) is 5.34. The maximum Gasteiger partial charge on any atom is 0.216 e. The molecule has 0 spiro atoms. The minimum absolute atomic E-state index is 0.552. The molecule has 0 atom stereocenters. The summed E-state index contributed by atoms with van der Waals surface area (Å²) in [5.41, 5.74) is 5.77. The molecule has 2 heterocycles. The summed E-state index contributed by atoms with van der Waals surface area (Å²) >= 11 is 6.85. The number of hydrogen-bond acceptors (Lipinski definition) is 4. The van der Waals surface area contributed by atoms with Gasteiger partial charge in [-0.25, -0.2) is 4.98 Å². The van der Waals surface area contributed by atoms with Crippen LogP contribution in [-0.2, 0) is 6.42 Å². The first-order valence-electron chi connectivity index (χ1n) is 9.35. The Bertz CT molecular complexity index is 1030. The zero-order valence-electron chi connectivity index (χ0n) is 16.2. The average molecular weight is 396 g/mol. The molecule has 1 aromatic heterocycles. The van der Waals surface area contributed by atoms with Gasteiger partial charge in [0.1, 0.15) is 13.2 Å². The zero-order valence-corrected chi connectivity index (χ0v) is 17.0. The molecular weight excluding hydrogens is 374 g/mol. The summed E-state index contributed by atoms with van der Waals surface area (Å²) in [5.74, 6) is 2.15. The SMILES string of the molecule is CCc1cc(C)c(-c2cccc(-c3ccc4c(c3)OCCO4)c2Cl)nc1OC. The lowest BCUT2D eigenvalue weighted by Gasteiger charge is -2.19. The van der Waals surface area contributed by atoms with Gasteiger partial charge >= 0.3 is 0 Å². The molecule has 0 amide bonds. The molecule has 0 saturated heterocycles. The first kappa shape index (κ1) is 18.6. The van der Waals surface area contributed by atoms with E-state index in [2.05, 4.69) is 13.0 Å². The van der Waals surface area contributed by atoms with E-state index in [9.17, 15) is 0 Å². The normalized spacial score (nSPS) is 12.7. The number of aromatic nitrogens is 1.